The van der Waals surface area contributed by atoms with Crippen LogP contribution in [-0.4, -0.2) is 21.5 Å². The lowest BCUT2D eigenvalue weighted by molar-refractivity contribution is 0.632. The fourth-order valence-electron chi connectivity index (χ4n) is 3.99. The van der Waals surface area contributed by atoms with E-state index in [4.69, 9.17) is 0 Å². The third kappa shape index (κ3) is 3.17. The molecule has 32 heavy (non-hydrogen) atoms. The zero-order valence-corrected chi connectivity index (χ0v) is 17.6. The van der Waals surface area contributed by atoms with Crippen molar-refractivity contribution in [3.8, 4) is 5.69 Å². The molecule has 1 saturated carbocycles. The third-order valence-electron chi connectivity index (χ3n) is 5.77. The fraction of sp³-hybridized carbons (Fsp3) is 0.174. The molecule has 7 nitrogen and oxygen atoms in total. The van der Waals surface area contributed by atoms with E-state index in [2.05, 4.69) is 5.32 Å². The average Bonchev–Trinajstić information content (AvgIpc) is 3.59. The van der Waals surface area contributed by atoms with Crippen LogP contribution in [0.25, 0.3) is 16.7 Å². The number of benzene rings is 2. The van der Waals surface area contributed by atoms with Crippen molar-refractivity contribution in [1.82, 2.24) is 13.7 Å². The largest absolute Gasteiger partial charge is 0.352 e. The van der Waals surface area contributed by atoms with E-state index in [0.29, 0.717) is 5.69 Å². The van der Waals surface area contributed by atoms with E-state index in [0.717, 1.165) is 18.3 Å². The minimum atomic E-state index is -0.502. The van der Waals surface area contributed by atoms with Gasteiger partial charge in [0.15, 0.2) is 0 Å². The number of aryl methyl sites for hydroxylation is 1. The molecule has 0 saturated heterocycles. The number of anilines is 2. The van der Waals surface area contributed by atoms with Crippen LogP contribution in [0, 0.1) is 5.82 Å². The summed E-state index contributed by atoms with van der Waals surface area (Å²) in [7, 11) is 3.29. The first-order valence-corrected chi connectivity index (χ1v) is 10.4. The van der Waals surface area contributed by atoms with Crippen molar-refractivity contribution >= 4 is 35.7 Å². The molecule has 1 N–H and O–H groups in total. The molecule has 0 unspecified atom stereocenters. The summed E-state index contributed by atoms with van der Waals surface area (Å²) in [5.41, 5.74) is 0.317. The number of nitrogens with zero attached hydrogens (tertiary/aromatic N) is 3. The average molecular weight is 430 g/mol. The molecular weight excluding hydrogens is 410 g/mol. The number of nitrogens with one attached hydrogen (secondary N) is 1. The smallest absolute Gasteiger partial charge is 0.337 e. The Morgan fingerprint density at radius 3 is 2.38 bits per heavy atom. The van der Waals surface area contributed by atoms with E-state index >= 15 is 0 Å². The minimum Gasteiger partial charge on any atom is -0.352 e. The molecule has 0 bridgehead atoms. The Morgan fingerprint density at radius 2 is 1.72 bits per heavy atom. The molecule has 0 atom stereocenters. The van der Waals surface area contributed by atoms with Gasteiger partial charge in [0.05, 0.1) is 17.1 Å². The van der Waals surface area contributed by atoms with Crippen molar-refractivity contribution in [1.29, 1.82) is 0 Å². The Hall–Kier alpha value is -3.88. The highest BCUT2D eigenvalue weighted by molar-refractivity contribution is 6.32. The molecule has 0 spiro atoms. The molecule has 5 rings (SSSR count). The van der Waals surface area contributed by atoms with Crippen LogP contribution in [0.2, 0.25) is 0 Å². The van der Waals surface area contributed by atoms with Crippen LogP contribution in [0.15, 0.2) is 69.0 Å². The monoisotopic (exact) mass is 430 g/mol. The molecule has 1 fully saturated rings. The molecule has 9 heteroatoms. The van der Waals surface area contributed by atoms with E-state index in [1.54, 1.807) is 44.2 Å². The van der Waals surface area contributed by atoms with E-state index in [-0.39, 0.29) is 28.5 Å². The molecule has 1 aliphatic carbocycles. The zero-order chi connectivity index (χ0) is 22.6. The van der Waals surface area contributed by atoms with Crippen LogP contribution in [0.1, 0.15) is 18.9 Å². The molecule has 4 aromatic rings. The van der Waals surface area contributed by atoms with Gasteiger partial charge in [-0.3, -0.25) is 18.7 Å². The summed E-state index contributed by atoms with van der Waals surface area (Å²) >= 11 is 0. The first kappa shape index (κ1) is 20.1. The van der Waals surface area contributed by atoms with E-state index < -0.39 is 22.6 Å². The minimum absolute atomic E-state index is 0.139. The van der Waals surface area contributed by atoms with E-state index in [9.17, 15) is 18.8 Å². The third-order valence-corrected chi connectivity index (χ3v) is 5.77. The normalized spacial score (nSPS) is 13.4. The Bertz CT molecular complexity index is 1550. The van der Waals surface area contributed by atoms with Crippen molar-refractivity contribution in [2.75, 3.05) is 5.32 Å². The lowest BCUT2D eigenvalue weighted by Gasteiger charge is -2.19. The number of hydrogen-bond donors (Lipinski definition) is 1. The highest BCUT2D eigenvalue weighted by Gasteiger charge is 2.30. The van der Waals surface area contributed by atoms with Gasteiger partial charge in [0.1, 0.15) is 24.7 Å². The molecule has 160 valence electrons. The maximum absolute atomic E-state index is 14.6. The lowest BCUT2D eigenvalue weighted by Crippen LogP contribution is -2.41. The molecule has 1 aliphatic rings. The summed E-state index contributed by atoms with van der Waals surface area (Å²) in [6.07, 6.45) is 1.47. The van der Waals surface area contributed by atoms with E-state index in [1.165, 1.54) is 32.9 Å². The van der Waals surface area contributed by atoms with Gasteiger partial charge in [0.25, 0.3) is 11.1 Å². The summed E-state index contributed by atoms with van der Waals surface area (Å²) < 4.78 is 18.5. The molecule has 0 amide bonds. The van der Waals surface area contributed by atoms with Crippen LogP contribution in [0.3, 0.4) is 0 Å². The summed E-state index contributed by atoms with van der Waals surface area (Å²) in [4.78, 5) is 39.8. The molecule has 2 aromatic heterocycles. The topological polar surface area (TPSA) is 78.0 Å². The number of hydrogen-bond acceptors (Lipinski definition) is 4. The van der Waals surface area contributed by atoms with Crippen LogP contribution in [0.4, 0.5) is 15.8 Å². The number of rotatable bonds is 4. The Balaban J connectivity index is 1.90. The number of fused-ring (bicyclic) bond motifs is 1. The van der Waals surface area contributed by atoms with Gasteiger partial charge >= 0.3 is 5.69 Å². The molecule has 0 aliphatic heterocycles. The Morgan fingerprint density at radius 1 is 1.00 bits per heavy atom. The first-order chi connectivity index (χ1) is 15.4. The highest BCUT2D eigenvalue weighted by Crippen LogP contribution is 2.33. The van der Waals surface area contributed by atoms with Crippen molar-refractivity contribution in [3.05, 3.63) is 91.6 Å². The highest BCUT2D eigenvalue weighted by atomic mass is 19.1. The van der Waals surface area contributed by atoms with Crippen molar-refractivity contribution in [2.45, 2.75) is 18.9 Å². The predicted octanol–water partition coefficient (Wildman–Crippen LogP) is 1.33. The maximum Gasteiger partial charge on any atom is 0.337 e. The number of pyridine rings is 1. The first-order valence-electron chi connectivity index (χ1n) is 10.4. The maximum atomic E-state index is 14.6. The van der Waals surface area contributed by atoms with Gasteiger partial charge in [0.2, 0.25) is 0 Å². The molecule has 0 radical (unpaired) electrons. The summed E-state index contributed by atoms with van der Waals surface area (Å²) in [5.74, 6) is -0.502. The fourth-order valence-corrected chi connectivity index (χ4v) is 3.99. The number of para-hydroxylation sites is 1. The van der Waals surface area contributed by atoms with Crippen LogP contribution >= 0.6 is 0 Å². The van der Waals surface area contributed by atoms with E-state index in [1.807, 2.05) is 6.07 Å². The van der Waals surface area contributed by atoms with Gasteiger partial charge < -0.3 is 5.32 Å². The second-order valence-electron chi connectivity index (χ2n) is 8.12. The molecule has 2 heterocycles. The lowest BCUT2D eigenvalue weighted by atomic mass is 9.96. The Kier molecular flexibility index (Phi) is 4.62. The van der Waals surface area contributed by atoms with Crippen LogP contribution in [-0.2, 0) is 7.05 Å². The van der Waals surface area contributed by atoms with Gasteiger partial charge in [0, 0.05) is 19.2 Å². The van der Waals surface area contributed by atoms with Crippen molar-refractivity contribution in [3.63, 3.8) is 0 Å². The second-order valence-corrected chi connectivity index (χ2v) is 8.12. The van der Waals surface area contributed by atoms with Gasteiger partial charge in [-0.2, -0.15) is 0 Å². The summed E-state index contributed by atoms with van der Waals surface area (Å²) in [6, 6.07) is 14.6. The van der Waals surface area contributed by atoms with Gasteiger partial charge in [-0.15, -0.1) is 0 Å². The van der Waals surface area contributed by atoms with Crippen LogP contribution < -0.4 is 27.6 Å². The van der Waals surface area contributed by atoms with Crippen molar-refractivity contribution < 1.29 is 4.39 Å². The van der Waals surface area contributed by atoms with Crippen LogP contribution in [0.5, 0.6) is 0 Å². The van der Waals surface area contributed by atoms with Crippen molar-refractivity contribution in [2.24, 2.45) is 7.05 Å². The van der Waals surface area contributed by atoms with Gasteiger partial charge in [-0.25, -0.2) is 13.8 Å². The standard InChI is InChI=1S/C23H20BFN4O3/c1-27-19(30)12-18(26-17-10-7-13(24)11-16(17)25)20-21(27)28(14-5-3-2-4-6-14)23(32)29(22(20)31)15-8-9-15/h2-7,10-12,15,26H,8-9,24H2,1H3. The zero-order valence-electron chi connectivity index (χ0n) is 17.6. The quantitative estimate of drug-likeness (QED) is 0.496. The summed E-state index contributed by atoms with van der Waals surface area (Å²) in [5, 5.41) is 3.07. The molecular formula is C23H20BFN4O3. The number of halogens is 1. The van der Waals surface area contributed by atoms with Gasteiger partial charge in [-0.1, -0.05) is 29.7 Å². The molecule has 2 aromatic carbocycles. The SMILES string of the molecule is Bc1ccc(Nc2cc(=O)n(C)c3c2c(=O)n(C2CC2)c(=O)n3-c2ccccc2)c(F)c1. The summed E-state index contributed by atoms with van der Waals surface area (Å²) in [6.45, 7) is 0. The predicted molar refractivity (Wildman–Crippen MR) is 125 cm³/mol. The Labute approximate surface area is 182 Å². The number of aromatic nitrogens is 3. The van der Waals surface area contributed by atoms with Gasteiger partial charge in [-0.05, 0) is 37.1 Å². The second kappa shape index (κ2) is 7.37.